The smallest absolute Gasteiger partial charge is 0.407 e. The van der Waals surface area contributed by atoms with Gasteiger partial charge in [-0.05, 0) is 48.3 Å². The van der Waals surface area contributed by atoms with E-state index in [1.165, 1.54) is 7.11 Å². The Morgan fingerprint density at radius 1 is 0.980 bits per heavy atom. The lowest BCUT2D eigenvalue weighted by atomic mass is 9.86. The van der Waals surface area contributed by atoms with E-state index in [2.05, 4.69) is 21.0 Å². The molecule has 13 nitrogen and oxygen atoms in total. The molecule has 1 fully saturated rings. The molecule has 0 aliphatic carbocycles. The van der Waals surface area contributed by atoms with E-state index in [9.17, 15) is 24.3 Å². The Morgan fingerprint density at radius 2 is 1.67 bits per heavy atom. The second-order valence-corrected chi connectivity index (χ2v) is 15.1. The Bertz CT molecular complexity index is 1450. The predicted octanol–water partition coefficient (Wildman–Crippen LogP) is 3.89. The van der Waals surface area contributed by atoms with Crippen LogP contribution in [0.3, 0.4) is 0 Å². The maximum Gasteiger partial charge on any atom is 0.407 e. The van der Waals surface area contributed by atoms with E-state index in [0.717, 1.165) is 17.0 Å². The molecule has 5 atom stereocenters. The number of benzene rings is 1. The quantitative estimate of drug-likeness (QED) is 0.180. The van der Waals surface area contributed by atoms with E-state index in [1.54, 1.807) is 14.8 Å². The second-order valence-electron chi connectivity index (χ2n) is 15.1. The zero-order valence-corrected chi connectivity index (χ0v) is 31.8. The summed E-state index contributed by atoms with van der Waals surface area (Å²) in [4.78, 5) is 61.6. The number of hydrazine groups is 1. The summed E-state index contributed by atoms with van der Waals surface area (Å²) in [5.74, 6) is -0.856. The van der Waals surface area contributed by atoms with Crippen LogP contribution in [0.25, 0.3) is 0 Å². The zero-order valence-electron chi connectivity index (χ0n) is 31.8. The molecule has 0 radical (unpaired) electrons. The van der Waals surface area contributed by atoms with Crippen LogP contribution in [0.15, 0.2) is 48.5 Å². The summed E-state index contributed by atoms with van der Waals surface area (Å²) in [7, 11) is 1.24. The number of carbonyl (C=O) groups excluding carboxylic acids is 4. The highest BCUT2D eigenvalue weighted by atomic mass is 16.5. The van der Waals surface area contributed by atoms with Crippen molar-refractivity contribution in [2.45, 2.75) is 99.0 Å². The van der Waals surface area contributed by atoms with Gasteiger partial charge >= 0.3 is 12.1 Å². The summed E-state index contributed by atoms with van der Waals surface area (Å²) in [6.45, 7) is 16.9. The van der Waals surface area contributed by atoms with E-state index in [1.807, 2.05) is 104 Å². The molecule has 2 aromatic rings. The van der Waals surface area contributed by atoms with Crippen molar-refractivity contribution in [3.63, 3.8) is 0 Å². The van der Waals surface area contributed by atoms with Crippen molar-refractivity contribution in [1.29, 1.82) is 0 Å². The first-order valence-corrected chi connectivity index (χ1v) is 17.9. The third kappa shape index (κ3) is 12.2. The summed E-state index contributed by atoms with van der Waals surface area (Å²) in [6, 6.07) is 12.6. The summed E-state index contributed by atoms with van der Waals surface area (Å²) in [6.07, 6.45) is -0.868. The second kappa shape index (κ2) is 18.8. The fourth-order valence-electron chi connectivity index (χ4n) is 6.27. The minimum atomic E-state index is -1.12. The minimum Gasteiger partial charge on any atom is -0.453 e. The van der Waals surface area contributed by atoms with E-state index < -0.39 is 41.6 Å². The normalized spacial score (nSPS) is 16.4. The van der Waals surface area contributed by atoms with Crippen molar-refractivity contribution < 1.29 is 29.0 Å². The van der Waals surface area contributed by atoms with Crippen LogP contribution in [0.1, 0.15) is 71.8 Å². The highest BCUT2D eigenvalue weighted by Gasteiger charge is 2.41. The molecule has 0 unspecified atom stereocenters. The molecule has 5 amide bonds. The summed E-state index contributed by atoms with van der Waals surface area (Å²) < 4.78 is 4.76. The number of aliphatic hydroxyl groups is 1. The van der Waals surface area contributed by atoms with Gasteiger partial charge < -0.3 is 30.3 Å². The van der Waals surface area contributed by atoms with Crippen LogP contribution in [0.5, 0.6) is 0 Å². The maximum atomic E-state index is 14.3. The Hall–Kier alpha value is -4.23. The number of hydrogen-bond donors (Lipinski definition) is 4. The van der Waals surface area contributed by atoms with Crippen LogP contribution in [-0.4, -0.2) is 106 Å². The molecule has 1 aromatic carbocycles. The lowest BCUT2D eigenvalue weighted by Gasteiger charge is -2.36. The Labute approximate surface area is 303 Å². The minimum absolute atomic E-state index is 0.00923. The van der Waals surface area contributed by atoms with Crippen molar-refractivity contribution in [3.05, 3.63) is 65.5 Å². The number of ether oxygens (including phenoxy) is 1. The zero-order chi connectivity index (χ0) is 37.9. The first-order valence-electron chi connectivity index (χ1n) is 17.9. The van der Waals surface area contributed by atoms with Gasteiger partial charge in [0, 0.05) is 31.9 Å². The maximum absolute atomic E-state index is 14.3. The average Bonchev–Trinajstić information content (AvgIpc) is 3.41. The number of aryl methyl sites for hydroxylation is 1. The number of hydrogen-bond acceptors (Lipinski definition) is 8. The Balaban J connectivity index is 1.85. The van der Waals surface area contributed by atoms with Crippen molar-refractivity contribution in [1.82, 2.24) is 35.9 Å². The summed E-state index contributed by atoms with van der Waals surface area (Å²) >= 11 is 0. The number of pyridine rings is 1. The third-order valence-corrected chi connectivity index (χ3v) is 9.14. The van der Waals surface area contributed by atoms with Crippen LogP contribution < -0.4 is 16.1 Å². The largest absolute Gasteiger partial charge is 0.453 e. The number of rotatable bonds is 17. The molecule has 1 aliphatic heterocycles. The Morgan fingerprint density at radius 3 is 2.25 bits per heavy atom. The molecule has 1 saturated heterocycles. The molecule has 2 heterocycles. The molecule has 0 bridgehead atoms. The SMILES string of the molecule is CC[C@H](C)[C@@H](C(=O)N[C@@H](Cc1ccccc1)[C@@H](O)CN(CC(C)C)NC(=O)[C@@H](NC(=O)OC)C(C)(C)C)N1CCN(Cc2cccc(C)n2)C1=O. The summed E-state index contributed by atoms with van der Waals surface area (Å²) in [5, 5.41) is 19.2. The predicted molar refractivity (Wildman–Crippen MR) is 196 cm³/mol. The number of methoxy groups -OCH3 is 1. The van der Waals surface area contributed by atoms with Gasteiger partial charge in [-0.15, -0.1) is 0 Å². The van der Waals surface area contributed by atoms with Gasteiger partial charge in [-0.3, -0.25) is 20.0 Å². The first-order chi connectivity index (χ1) is 24.0. The van der Waals surface area contributed by atoms with Gasteiger partial charge in [0.1, 0.15) is 12.1 Å². The van der Waals surface area contributed by atoms with E-state index in [0.29, 0.717) is 39.0 Å². The van der Waals surface area contributed by atoms with E-state index in [4.69, 9.17) is 4.74 Å². The van der Waals surface area contributed by atoms with Gasteiger partial charge in [-0.2, -0.15) is 0 Å². The van der Waals surface area contributed by atoms with E-state index in [-0.39, 0.29) is 30.3 Å². The third-order valence-electron chi connectivity index (χ3n) is 9.14. The summed E-state index contributed by atoms with van der Waals surface area (Å²) in [5.41, 5.74) is 4.82. The molecule has 1 aliphatic rings. The average molecular weight is 710 g/mol. The number of nitrogens with one attached hydrogen (secondary N) is 3. The Kier molecular flexibility index (Phi) is 15.2. The number of nitrogens with zero attached hydrogens (tertiary/aromatic N) is 4. The molecule has 13 heteroatoms. The number of carbonyl (C=O) groups is 4. The fraction of sp³-hybridized carbons (Fsp3) is 0.605. The molecular formula is C38H59N7O6. The van der Waals surface area contributed by atoms with Crippen LogP contribution >= 0.6 is 0 Å². The molecule has 3 rings (SSSR count). The van der Waals surface area contributed by atoms with Crippen LogP contribution in [0.4, 0.5) is 9.59 Å². The standard InChI is InChI=1S/C38H59N7O6/c1-10-26(4)32(45-20-19-43(37(45)50)23-29-18-14-15-27(5)39-29)34(47)40-30(21-28-16-12-11-13-17-28)31(46)24-44(22-25(2)3)42-35(48)33(38(6,7)8)41-36(49)51-9/h11-18,25-26,30-33,46H,10,19-24H2,1-9H3,(H,40,47)(H,41,49)(H,42,48)/t26-,30-,31-,32-,33+/m0/s1. The highest BCUT2D eigenvalue weighted by molar-refractivity contribution is 5.88. The lowest BCUT2D eigenvalue weighted by molar-refractivity contribution is -0.132. The van der Waals surface area contributed by atoms with Crippen molar-refractivity contribution >= 4 is 23.9 Å². The monoisotopic (exact) mass is 709 g/mol. The van der Waals surface area contributed by atoms with Gasteiger partial charge in [0.25, 0.3) is 5.91 Å². The van der Waals surface area contributed by atoms with Gasteiger partial charge in [-0.25, -0.2) is 14.6 Å². The van der Waals surface area contributed by atoms with Gasteiger partial charge in [-0.1, -0.05) is 91.3 Å². The van der Waals surface area contributed by atoms with Crippen LogP contribution in [0.2, 0.25) is 0 Å². The van der Waals surface area contributed by atoms with Gasteiger partial charge in [0.15, 0.2) is 0 Å². The number of aromatic nitrogens is 1. The molecule has 0 saturated carbocycles. The molecule has 51 heavy (non-hydrogen) atoms. The van der Waals surface area contributed by atoms with Crippen LogP contribution in [-0.2, 0) is 27.3 Å². The van der Waals surface area contributed by atoms with Crippen molar-refractivity contribution in [3.8, 4) is 0 Å². The highest BCUT2D eigenvalue weighted by Crippen LogP contribution is 2.23. The molecule has 0 spiro atoms. The van der Waals surface area contributed by atoms with Crippen molar-refractivity contribution in [2.24, 2.45) is 17.3 Å². The number of amides is 5. The number of aliphatic hydroxyl groups excluding tert-OH is 1. The number of urea groups is 1. The van der Waals surface area contributed by atoms with Gasteiger partial charge in [0.05, 0.1) is 31.5 Å². The van der Waals surface area contributed by atoms with E-state index >= 15 is 0 Å². The molecule has 1 aromatic heterocycles. The number of alkyl carbamates (subject to hydrolysis) is 1. The first kappa shape index (κ1) is 41.2. The molecule has 4 N–H and O–H groups in total. The topological polar surface area (TPSA) is 156 Å². The molecule has 282 valence electrons. The van der Waals surface area contributed by atoms with Crippen molar-refractivity contribution in [2.75, 3.05) is 33.3 Å². The molecular weight excluding hydrogens is 650 g/mol. The lowest BCUT2D eigenvalue weighted by Crippen LogP contribution is -2.61. The van der Waals surface area contributed by atoms with Crippen LogP contribution in [0, 0.1) is 24.2 Å². The van der Waals surface area contributed by atoms with Gasteiger partial charge in [0.2, 0.25) is 5.91 Å². The fourth-order valence-corrected chi connectivity index (χ4v) is 6.27.